The van der Waals surface area contributed by atoms with Crippen LogP contribution in [0.5, 0.6) is 0 Å². The van der Waals surface area contributed by atoms with E-state index >= 15 is 0 Å². The summed E-state index contributed by atoms with van der Waals surface area (Å²) in [6, 6.07) is 11.4. The third-order valence-corrected chi connectivity index (χ3v) is 5.20. The van der Waals surface area contributed by atoms with E-state index in [0.29, 0.717) is 12.0 Å². The Kier molecular flexibility index (Phi) is 2.64. The maximum Gasteiger partial charge on any atom is 0.0897 e. The molecule has 1 aromatic heterocycles. The van der Waals surface area contributed by atoms with E-state index in [0.717, 1.165) is 13.0 Å². The topological polar surface area (TPSA) is 21.3 Å². The van der Waals surface area contributed by atoms with Crippen LogP contribution in [0.1, 0.15) is 34.6 Å². The van der Waals surface area contributed by atoms with Crippen LogP contribution in [-0.4, -0.2) is 6.61 Å². The number of hydrogen-bond donors (Lipinski definition) is 1. The van der Waals surface area contributed by atoms with Gasteiger partial charge in [0.15, 0.2) is 0 Å². The number of benzene rings is 1. The molecule has 1 N–H and O–H groups in total. The van der Waals surface area contributed by atoms with Crippen molar-refractivity contribution in [1.29, 1.82) is 0 Å². The second-order valence-corrected chi connectivity index (χ2v) is 6.45. The minimum atomic E-state index is 0.267. The number of thiophene rings is 1. The summed E-state index contributed by atoms with van der Waals surface area (Å²) in [6.45, 7) is 3.03. The summed E-state index contributed by atoms with van der Waals surface area (Å²) in [5, 5.41) is 5.89. The Morgan fingerprint density at radius 1 is 1.32 bits per heavy atom. The van der Waals surface area contributed by atoms with Gasteiger partial charge in [-0.3, -0.25) is 0 Å². The van der Waals surface area contributed by atoms with E-state index in [2.05, 4.69) is 48.0 Å². The molecule has 2 aromatic rings. The Hall–Kier alpha value is -1.32. The first kappa shape index (κ1) is 11.5. The molecule has 0 amide bonds. The number of nitrogens with one attached hydrogen (secondary N) is 1. The predicted molar refractivity (Wildman–Crippen MR) is 78.7 cm³/mol. The molecule has 1 saturated heterocycles. The van der Waals surface area contributed by atoms with Gasteiger partial charge in [-0.1, -0.05) is 23.8 Å². The first-order chi connectivity index (χ1) is 9.33. The molecule has 98 valence electrons. The van der Waals surface area contributed by atoms with Gasteiger partial charge in [-0.2, -0.15) is 0 Å². The van der Waals surface area contributed by atoms with Crippen molar-refractivity contribution in [3.8, 4) is 0 Å². The number of hydrogen-bond acceptors (Lipinski definition) is 3. The van der Waals surface area contributed by atoms with Crippen molar-refractivity contribution in [2.45, 2.75) is 25.5 Å². The standard InChI is InChI=1S/C16H17NOS/c1-10-4-5-13-12(9-10)16-11(6-7-18-16)15(17-13)14-3-2-8-19-14/h2-5,8-9,11,15-17H,6-7H2,1H3/t11-,15-,16+/m0/s1. The monoisotopic (exact) mass is 271 g/mol. The number of ether oxygens (including phenoxy) is 1. The largest absolute Gasteiger partial charge is 0.377 e. The second kappa shape index (κ2) is 4.36. The lowest BCUT2D eigenvalue weighted by molar-refractivity contribution is 0.0832. The first-order valence-electron chi connectivity index (χ1n) is 6.85. The molecule has 1 fully saturated rings. The molecule has 1 aromatic carbocycles. The molecule has 3 atom stereocenters. The molecule has 2 aliphatic rings. The normalized spacial score (nSPS) is 28.6. The van der Waals surface area contributed by atoms with Crippen molar-refractivity contribution in [1.82, 2.24) is 0 Å². The van der Waals surface area contributed by atoms with Gasteiger partial charge in [0.2, 0.25) is 0 Å². The third-order valence-electron chi connectivity index (χ3n) is 4.24. The molecule has 2 nitrogen and oxygen atoms in total. The van der Waals surface area contributed by atoms with Crippen molar-refractivity contribution in [2.75, 3.05) is 11.9 Å². The summed E-state index contributed by atoms with van der Waals surface area (Å²) >= 11 is 1.84. The fourth-order valence-electron chi connectivity index (χ4n) is 3.34. The molecule has 0 aliphatic carbocycles. The highest BCUT2D eigenvalue weighted by Crippen LogP contribution is 2.50. The van der Waals surface area contributed by atoms with Crippen LogP contribution in [0.25, 0.3) is 0 Å². The van der Waals surface area contributed by atoms with Gasteiger partial charge in [0.05, 0.1) is 12.1 Å². The van der Waals surface area contributed by atoms with Gasteiger partial charge in [0.1, 0.15) is 0 Å². The summed E-state index contributed by atoms with van der Waals surface area (Å²) in [5.41, 5.74) is 3.90. The summed E-state index contributed by atoms with van der Waals surface area (Å²) < 4.78 is 6.03. The van der Waals surface area contributed by atoms with Gasteiger partial charge in [0.25, 0.3) is 0 Å². The number of fused-ring (bicyclic) bond motifs is 3. The van der Waals surface area contributed by atoms with Crippen molar-refractivity contribution >= 4 is 17.0 Å². The van der Waals surface area contributed by atoms with E-state index < -0.39 is 0 Å². The molecular formula is C16H17NOS. The molecular weight excluding hydrogens is 254 g/mol. The lowest BCUT2D eigenvalue weighted by Crippen LogP contribution is -2.28. The minimum Gasteiger partial charge on any atom is -0.377 e. The first-order valence-corrected chi connectivity index (χ1v) is 7.73. The molecule has 2 aliphatic heterocycles. The molecule has 0 bridgehead atoms. The summed E-state index contributed by atoms with van der Waals surface area (Å²) in [5.74, 6) is 0.563. The van der Waals surface area contributed by atoms with Crippen LogP contribution < -0.4 is 5.32 Å². The summed E-state index contributed by atoms with van der Waals surface area (Å²) in [6.07, 6.45) is 1.41. The maximum absolute atomic E-state index is 6.03. The molecule has 3 heterocycles. The van der Waals surface area contributed by atoms with Crippen molar-refractivity contribution in [3.63, 3.8) is 0 Å². The van der Waals surface area contributed by atoms with Gasteiger partial charge < -0.3 is 10.1 Å². The Balaban J connectivity index is 1.80. The van der Waals surface area contributed by atoms with Gasteiger partial charge >= 0.3 is 0 Å². The molecule has 0 spiro atoms. The summed E-state index contributed by atoms with van der Waals surface area (Å²) in [7, 11) is 0. The number of anilines is 1. The van der Waals surface area contributed by atoms with Gasteiger partial charge in [0, 0.05) is 28.7 Å². The van der Waals surface area contributed by atoms with E-state index in [9.17, 15) is 0 Å². The molecule has 0 unspecified atom stereocenters. The van der Waals surface area contributed by atoms with Gasteiger partial charge in [-0.05, 0) is 30.9 Å². The average molecular weight is 271 g/mol. The van der Waals surface area contributed by atoms with Crippen molar-refractivity contribution < 1.29 is 4.74 Å². The average Bonchev–Trinajstić information content (AvgIpc) is 3.09. The highest BCUT2D eigenvalue weighted by molar-refractivity contribution is 7.10. The molecule has 0 radical (unpaired) electrons. The van der Waals surface area contributed by atoms with Crippen LogP contribution in [0.2, 0.25) is 0 Å². The highest BCUT2D eigenvalue weighted by atomic mass is 32.1. The van der Waals surface area contributed by atoms with Crippen LogP contribution in [0.3, 0.4) is 0 Å². The fraction of sp³-hybridized carbons (Fsp3) is 0.375. The Bertz CT molecular complexity index is 593. The van der Waals surface area contributed by atoms with Crippen LogP contribution in [0, 0.1) is 12.8 Å². The SMILES string of the molecule is Cc1ccc2c(c1)[C@@H]1OCC[C@H]1[C@@H](c1cccs1)N2. The molecule has 3 heteroatoms. The van der Waals surface area contributed by atoms with Crippen LogP contribution in [0.15, 0.2) is 35.7 Å². The Morgan fingerprint density at radius 3 is 3.11 bits per heavy atom. The second-order valence-electron chi connectivity index (χ2n) is 5.47. The van der Waals surface area contributed by atoms with E-state index in [4.69, 9.17) is 4.74 Å². The zero-order valence-electron chi connectivity index (χ0n) is 10.9. The maximum atomic E-state index is 6.03. The third kappa shape index (κ3) is 1.80. The van der Waals surface area contributed by atoms with E-state index in [1.165, 1.54) is 21.7 Å². The Labute approximate surface area is 117 Å². The van der Waals surface area contributed by atoms with Gasteiger partial charge in [-0.15, -0.1) is 11.3 Å². The smallest absolute Gasteiger partial charge is 0.0897 e. The van der Waals surface area contributed by atoms with Crippen molar-refractivity contribution in [3.05, 3.63) is 51.7 Å². The fourth-order valence-corrected chi connectivity index (χ4v) is 4.19. The Morgan fingerprint density at radius 2 is 2.26 bits per heavy atom. The summed E-state index contributed by atoms with van der Waals surface area (Å²) in [4.78, 5) is 1.42. The van der Waals surface area contributed by atoms with Crippen LogP contribution >= 0.6 is 11.3 Å². The van der Waals surface area contributed by atoms with Crippen molar-refractivity contribution in [2.24, 2.45) is 5.92 Å². The molecule has 4 rings (SSSR count). The molecule has 19 heavy (non-hydrogen) atoms. The lowest BCUT2D eigenvalue weighted by Gasteiger charge is -2.36. The zero-order chi connectivity index (χ0) is 12.8. The quantitative estimate of drug-likeness (QED) is 0.835. The highest BCUT2D eigenvalue weighted by Gasteiger charge is 2.41. The zero-order valence-corrected chi connectivity index (χ0v) is 11.7. The van der Waals surface area contributed by atoms with E-state index in [1.54, 1.807) is 0 Å². The predicted octanol–water partition coefficient (Wildman–Crippen LogP) is 4.30. The van der Waals surface area contributed by atoms with Crippen LogP contribution in [0.4, 0.5) is 5.69 Å². The van der Waals surface area contributed by atoms with Crippen LogP contribution in [-0.2, 0) is 4.74 Å². The molecule has 0 saturated carbocycles. The number of aryl methyl sites for hydroxylation is 1. The number of rotatable bonds is 1. The van der Waals surface area contributed by atoms with E-state index in [-0.39, 0.29) is 6.10 Å². The van der Waals surface area contributed by atoms with E-state index in [1.807, 2.05) is 11.3 Å². The minimum absolute atomic E-state index is 0.267. The van der Waals surface area contributed by atoms with Gasteiger partial charge in [-0.25, -0.2) is 0 Å². The lowest BCUT2D eigenvalue weighted by atomic mass is 9.83.